The molecule has 9 nitrogen and oxygen atoms in total. The average molecular weight is 567 g/mol. The highest BCUT2D eigenvalue weighted by atomic mass is 35.5. The fraction of sp³-hybridized carbons (Fsp3) is 0.538. The van der Waals surface area contributed by atoms with Gasteiger partial charge >= 0.3 is 5.97 Å². The van der Waals surface area contributed by atoms with E-state index in [2.05, 4.69) is 25.6 Å². The molecule has 2 N–H and O–H groups in total. The van der Waals surface area contributed by atoms with Crippen molar-refractivity contribution in [3.63, 3.8) is 0 Å². The van der Waals surface area contributed by atoms with Gasteiger partial charge in [0.15, 0.2) is 11.5 Å². The number of rotatable bonds is 7. The lowest BCUT2D eigenvalue weighted by molar-refractivity contribution is -0.156. The third-order valence-electron chi connectivity index (χ3n) is 7.47. The number of carbonyl (C=O) groups excluding carboxylic acids is 1. The molecule has 1 aliphatic carbocycles. The van der Waals surface area contributed by atoms with Crippen LogP contribution in [0.25, 0.3) is 11.2 Å². The minimum absolute atomic E-state index is 0.00277. The molecule has 1 aromatic carbocycles. The van der Waals surface area contributed by atoms with Crippen molar-refractivity contribution in [1.29, 1.82) is 0 Å². The lowest BCUT2D eigenvalue weighted by Gasteiger charge is -2.36. The number of benzene rings is 1. The van der Waals surface area contributed by atoms with E-state index in [4.69, 9.17) is 21.1 Å². The maximum absolute atomic E-state index is 14.7. The number of carbonyl (C=O) groups is 1. The molecule has 0 amide bonds. The molecule has 2 fully saturated rings. The summed E-state index contributed by atoms with van der Waals surface area (Å²) in [6.45, 7) is 4.40. The summed E-state index contributed by atoms with van der Waals surface area (Å²) < 4.78 is 55.0. The van der Waals surface area contributed by atoms with Crippen molar-refractivity contribution in [2.75, 3.05) is 30.5 Å². The van der Waals surface area contributed by atoms with Crippen LogP contribution >= 0.6 is 11.6 Å². The van der Waals surface area contributed by atoms with Crippen molar-refractivity contribution < 1.29 is 27.4 Å². The van der Waals surface area contributed by atoms with Crippen LogP contribution in [-0.4, -0.2) is 57.5 Å². The Morgan fingerprint density at radius 2 is 2.03 bits per heavy atom. The van der Waals surface area contributed by atoms with Gasteiger partial charge in [0.25, 0.3) is 0 Å². The maximum Gasteiger partial charge on any atom is 0.311 e. The van der Waals surface area contributed by atoms with Crippen LogP contribution in [0.1, 0.15) is 52.0 Å². The molecule has 13 heteroatoms. The van der Waals surface area contributed by atoms with Crippen LogP contribution in [0.3, 0.4) is 0 Å². The van der Waals surface area contributed by atoms with Crippen LogP contribution < -0.4 is 10.6 Å². The predicted octanol–water partition coefficient (Wildman–Crippen LogP) is 5.72. The standard InChI is InChI=1S/C26H30ClF3N6O3/c1-3-39-23(37)26(2)7-4-15(5-8-26)36-22-20(12-31-24(35-22)32-19-6-9-38-13-18(19)30)33-25(36)34-21-16(27)10-14(28)11-17(21)29/h10-12,15,18-19H,3-9,13H2,1-2H3,(H,33,34)(H,31,32,35)/t15?,18-,19+,26?/m1/s1. The molecule has 2 aliphatic rings. The summed E-state index contributed by atoms with van der Waals surface area (Å²) in [4.78, 5) is 26.1. The molecule has 210 valence electrons. The van der Waals surface area contributed by atoms with Gasteiger partial charge in [-0.05, 0) is 52.0 Å². The van der Waals surface area contributed by atoms with Gasteiger partial charge in [0.05, 0.1) is 41.6 Å². The van der Waals surface area contributed by atoms with Crippen LogP contribution in [-0.2, 0) is 14.3 Å². The van der Waals surface area contributed by atoms with Gasteiger partial charge in [-0.1, -0.05) is 11.6 Å². The molecule has 2 atom stereocenters. The van der Waals surface area contributed by atoms with Crippen molar-refractivity contribution in [2.24, 2.45) is 5.41 Å². The molecule has 3 aromatic rings. The third-order valence-corrected chi connectivity index (χ3v) is 7.77. The summed E-state index contributed by atoms with van der Waals surface area (Å²) in [6.07, 6.45) is 3.07. The number of aromatic nitrogens is 4. The van der Waals surface area contributed by atoms with Crippen molar-refractivity contribution in [3.05, 3.63) is 35.0 Å². The SMILES string of the molecule is CCOC(=O)C1(C)CCC(n2c(Nc3c(F)cc(F)cc3Cl)nc3cnc(N[C@H]4CCOC[C@H]4F)nc32)CC1. The number of esters is 1. The van der Waals surface area contributed by atoms with Crippen LogP contribution in [0, 0.1) is 17.0 Å². The van der Waals surface area contributed by atoms with Gasteiger partial charge < -0.3 is 20.1 Å². The van der Waals surface area contributed by atoms with E-state index in [0.29, 0.717) is 56.5 Å². The van der Waals surface area contributed by atoms with Gasteiger partial charge in [-0.3, -0.25) is 9.36 Å². The van der Waals surface area contributed by atoms with Crippen LogP contribution in [0.5, 0.6) is 0 Å². The molecule has 5 rings (SSSR count). The van der Waals surface area contributed by atoms with Gasteiger partial charge in [-0.25, -0.2) is 23.1 Å². The molecular weight excluding hydrogens is 537 g/mol. The van der Waals surface area contributed by atoms with Crippen LogP contribution in [0.4, 0.5) is 30.8 Å². The zero-order valence-electron chi connectivity index (χ0n) is 21.6. The molecule has 39 heavy (non-hydrogen) atoms. The van der Waals surface area contributed by atoms with E-state index in [9.17, 15) is 18.0 Å². The van der Waals surface area contributed by atoms with E-state index in [1.54, 1.807) is 6.92 Å². The zero-order valence-corrected chi connectivity index (χ0v) is 22.4. The second-order valence-corrected chi connectivity index (χ2v) is 10.6. The minimum atomic E-state index is -1.21. The first kappa shape index (κ1) is 27.4. The predicted molar refractivity (Wildman–Crippen MR) is 140 cm³/mol. The Bertz CT molecular complexity index is 1340. The Morgan fingerprint density at radius 1 is 1.26 bits per heavy atom. The Balaban J connectivity index is 1.51. The number of nitrogens with zero attached hydrogens (tertiary/aromatic N) is 4. The van der Waals surface area contributed by atoms with Gasteiger partial charge in [0.2, 0.25) is 11.9 Å². The number of anilines is 3. The fourth-order valence-electron chi connectivity index (χ4n) is 5.21. The van der Waals surface area contributed by atoms with E-state index in [1.165, 1.54) is 6.20 Å². The first-order valence-electron chi connectivity index (χ1n) is 13.0. The number of halogens is 4. The van der Waals surface area contributed by atoms with Crippen LogP contribution in [0.2, 0.25) is 5.02 Å². The summed E-state index contributed by atoms with van der Waals surface area (Å²) in [6, 6.07) is 1.07. The second kappa shape index (κ2) is 11.2. The smallest absolute Gasteiger partial charge is 0.311 e. The third kappa shape index (κ3) is 5.62. The molecule has 2 aromatic heterocycles. The Labute approximate surface area is 228 Å². The molecule has 1 saturated heterocycles. The summed E-state index contributed by atoms with van der Waals surface area (Å²) in [5, 5.41) is 5.83. The maximum atomic E-state index is 14.7. The highest BCUT2D eigenvalue weighted by Gasteiger charge is 2.40. The van der Waals surface area contributed by atoms with E-state index in [1.807, 2.05) is 11.5 Å². The number of imidazole rings is 1. The zero-order chi connectivity index (χ0) is 27.7. The topological polar surface area (TPSA) is 103 Å². The van der Waals surface area contributed by atoms with E-state index < -0.39 is 29.3 Å². The first-order valence-corrected chi connectivity index (χ1v) is 13.4. The highest BCUT2D eigenvalue weighted by Crippen LogP contribution is 2.44. The summed E-state index contributed by atoms with van der Waals surface area (Å²) in [7, 11) is 0. The lowest BCUT2D eigenvalue weighted by Crippen LogP contribution is -2.39. The van der Waals surface area contributed by atoms with Gasteiger partial charge in [-0.15, -0.1) is 0 Å². The molecule has 0 spiro atoms. The molecular formula is C26H30ClF3N6O3. The molecule has 0 radical (unpaired) electrons. The number of alkyl halides is 1. The van der Waals surface area contributed by atoms with Gasteiger partial charge in [-0.2, -0.15) is 4.98 Å². The number of fused-ring (bicyclic) bond motifs is 1. The van der Waals surface area contributed by atoms with Gasteiger partial charge in [0, 0.05) is 18.7 Å². The highest BCUT2D eigenvalue weighted by molar-refractivity contribution is 6.33. The lowest BCUT2D eigenvalue weighted by atomic mass is 9.74. The van der Waals surface area contributed by atoms with Crippen molar-refractivity contribution in [3.8, 4) is 0 Å². The Hall–Kier alpha value is -3.12. The normalized spacial score (nSPS) is 25.4. The number of nitrogens with one attached hydrogen (secondary N) is 2. The molecule has 0 unspecified atom stereocenters. The van der Waals surface area contributed by atoms with E-state index in [-0.39, 0.29) is 41.2 Å². The number of hydrogen-bond acceptors (Lipinski definition) is 8. The van der Waals surface area contributed by atoms with E-state index in [0.717, 1.165) is 12.1 Å². The molecule has 1 aliphatic heterocycles. The Kier molecular flexibility index (Phi) is 7.86. The summed E-state index contributed by atoms with van der Waals surface area (Å²) in [5.74, 6) is -1.45. The van der Waals surface area contributed by atoms with Gasteiger partial charge in [0.1, 0.15) is 17.5 Å². The van der Waals surface area contributed by atoms with E-state index >= 15 is 0 Å². The number of ether oxygens (including phenoxy) is 2. The largest absolute Gasteiger partial charge is 0.466 e. The van der Waals surface area contributed by atoms with Crippen molar-refractivity contribution in [2.45, 2.75) is 64.2 Å². The quantitative estimate of drug-likeness (QED) is 0.350. The van der Waals surface area contributed by atoms with Crippen molar-refractivity contribution >= 4 is 46.3 Å². The molecule has 1 saturated carbocycles. The summed E-state index contributed by atoms with van der Waals surface area (Å²) >= 11 is 6.16. The monoisotopic (exact) mass is 566 g/mol. The van der Waals surface area contributed by atoms with Crippen LogP contribution in [0.15, 0.2) is 18.3 Å². The molecule has 0 bridgehead atoms. The second-order valence-electron chi connectivity index (χ2n) is 10.2. The van der Waals surface area contributed by atoms with Crippen molar-refractivity contribution in [1.82, 2.24) is 19.5 Å². The fourth-order valence-corrected chi connectivity index (χ4v) is 5.45. The Morgan fingerprint density at radius 3 is 2.72 bits per heavy atom. The summed E-state index contributed by atoms with van der Waals surface area (Å²) in [5.41, 5.74) is 0.115. The molecule has 3 heterocycles. The first-order chi connectivity index (χ1) is 18.7. The average Bonchev–Trinajstić information content (AvgIpc) is 3.25. The minimum Gasteiger partial charge on any atom is -0.466 e. The number of hydrogen-bond donors (Lipinski definition) is 2.